The fraction of sp³-hybridized carbons (Fsp3) is 0.500. The number of carbonyl (C=O) groups excluding carboxylic acids is 1. The van der Waals surface area contributed by atoms with Gasteiger partial charge in [-0.1, -0.05) is 0 Å². The first-order chi connectivity index (χ1) is 9.09. The second-order valence-electron chi connectivity index (χ2n) is 6.03. The zero-order valence-corrected chi connectivity index (χ0v) is 11.6. The van der Waals surface area contributed by atoms with Gasteiger partial charge in [0.1, 0.15) is 22.8 Å². The smallest absolute Gasteiger partial charge is 0.410 e. The number of nitrogens with zero attached hydrogens (tertiary/aromatic N) is 1. The number of carbonyl (C=O) groups is 1. The van der Waals surface area contributed by atoms with Gasteiger partial charge in [-0.25, -0.2) is 13.6 Å². The van der Waals surface area contributed by atoms with Gasteiger partial charge in [0.25, 0.3) is 0 Å². The first-order valence-electron chi connectivity index (χ1n) is 6.26. The van der Waals surface area contributed by atoms with E-state index < -0.39 is 28.9 Å². The van der Waals surface area contributed by atoms with E-state index in [0.29, 0.717) is 0 Å². The second-order valence-corrected chi connectivity index (χ2v) is 6.03. The molecule has 1 aromatic carbocycles. The molecule has 0 aliphatic carbocycles. The molecule has 2 rings (SSSR count). The fourth-order valence-corrected chi connectivity index (χ4v) is 2.05. The minimum atomic E-state index is -1.43. The van der Waals surface area contributed by atoms with Crippen molar-refractivity contribution in [3.63, 3.8) is 0 Å². The summed E-state index contributed by atoms with van der Waals surface area (Å²) >= 11 is 0. The van der Waals surface area contributed by atoms with Crippen LogP contribution in [0.1, 0.15) is 26.3 Å². The second kappa shape index (κ2) is 4.70. The van der Waals surface area contributed by atoms with E-state index in [1.54, 1.807) is 20.8 Å². The number of amides is 1. The number of hydrogen-bond acceptors (Lipinski definition) is 3. The average molecular weight is 285 g/mol. The van der Waals surface area contributed by atoms with Crippen LogP contribution in [0, 0.1) is 11.6 Å². The quantitative estimate of drug-likeness (QED) is 0.862. The summed E-state index contributed by atoms with van der Waals surface area (Å²) in [5.74, 6) is -1.52. The Labute approximate surface area is 116 Å². The lowest BCUT2D eigenvalue weighted by Gasteiger charge is -2.46. The van der Waals surface area contributed by atoms with Crippen molar-refractivity contribution in [1.82, 2.24) is 4.90 Å². The molecule has 1 aromatic rings. The Morgan fingerprint density at radius 1 is 1.25 bits per heavy atom. The SMILES string of the molecule is CC(C)(C)OC(=O)N1CC(O)(c2cc(F)cc(F)c2)C1. The first-order valence-corrected chi connectivity index (χ1v) is 6.26. The third-order valence-electron chi connectivity index (χ3n) is 2.96. The summed E-state index contributed by atoms with van der Waals surface area (Å²) in [6.07, 6.45) is -0.556. The number of likely N-dealkylation sites (tertiary alicyclic amines) is 1. The van der Waals surface area contributed by atoms with Crippen molar-refractivity contribution in [2.75, 3.05) is 13.1 Å². The predicted octanol–water partition coefficient (Wildman–Crippen LogP) is 2.40. The van der Waals surface area contributed by atoms with Crippen LogP contribution in [0.25, 0.3) is 0 Å². The Balaban J connectivity index is 2.05. The molecular formula is C14H17F2NO3. The van der Waals surface area contributed by atoms with Crippen molar-refractivity contribution in [2.24, 2.45) is 0 Å². The molecule has 1 heterocycles. The summed E-state index contributed by atoms with van der Waals surface area (Å²) in [4.78, 5) is 13.0. The minimum Gasteiger partial charge on any atom is -0.444 e. The van der Waals surface area contributed by atoms with E-state index in [4.69, 9.17) is 4.74 Å². The van der Waals surface area contributed by atoms with Gasteiger partial charge in [0, 0.05) is 6.07 Å². The lowest BCUT2D eigenvalue weighted by Crippen LogP contribution is -2.62. The average Bonchev–Trinajstić information content (AvgIpc) is 2.20. The Hall–Kier alpha value is -1.69. The van der Waals surface area contributed by atoms with E-state index in [9.17, 15) is 18.7 Å². The zero-order valence-electron chi connectivity index (χ0n) is 11.6. The lowest BCUT2D eigenvalue weighted by atomic mass is 9.86. The van der Waals surface area contributed by atoms with Gasteiger partial charge in [-0.2, -0.15) is 0 Å². The van der Waals surface area contributed by atoms with Crippen molar-refractivity contribution < 1.29 is 23.4 Å². The predicted molar refractivity (Wildman–Crippen MR) is 68.1 cm³/mol. The molecule has 0 bridgehead atoms. The number of halogens is 2. The number of aliphatic hydroxyl groups is 1. The molecular weight excluding hydrogens is 268 g/mol. The lowest BCUT2D eigenvalue weighted by molar-refractivity contribution is -0.103. The normalized spacial score (nSPS) is 17.6. The molecule has 1 saturated heterocycles. The molecule has 0 spiro atoms. The van der Waals surface area contributed by atoms with E-state index in [2.05, 4.69) is 0 Å². The third-order valence-corrected chi connectivity index (χ3v) is 2.96. The van der Waals surface area contributed by atoms with Crippen molar-refractivity contribution >= 4 is 6.09 Å². The molecule has 20 heavy (non-hydrogen) atoms. The molecule has 0 radical (unpaired) electrons. The minimum absolute atomic E-state index is 0.0508. The van der Waals surface area contributed by atoms with E-state index in [1.165, 1.54) is 4.90 Å². The number of benzene rings is 1. The van der Waals surface area contributed by atoms with E-state index in [-0.39, 0.29) is 18.7 Å². The summed E-state index contributed by atoms with van der Waals surface area (Å²) in [7, 11) is 0. The van der Waals surface area contributed by atoms with Crippen molar-refractivity contribution in [1.29, 1.82) is 0 Å². The largest absolute Gasteiger partial charge is 0.444 e. The first kappa shape index (κ1) is 14.7. The highest BCUT2D eigenvalue weighted by Crippen LogP contribution is 2.33. The molecule has 4 nitrogen and oxygen atoms in total. The van der Waals surface area contributed by atoms with Crippen LogP contribution >= 0.6 is 0 Å². The topological polar surface area (TPSA) is 49.8 Å². The maximum absolute atomic E-state index is 13.1. The summed E-state index contributed by atoms with van der Waals surface area (Å²) in [6, 6.07) is 2.86. The highest BCUT2D eigenvalue weighted by atomic mass is 19.1. The van der Waals surface area contributed by atoms with Crippen LogP contribution in [0.15, 0.2) is 18.2 Å². The van der Waals surface area contributed by atoms with Crippen molar-refractivity contribution in [3.05, 3.63) is 35.4 Å². The van der Waals surface area contributed by atoms with Gasteiger partial charge < -0.3 is 14.7 Å². The summed E-state index contributed by atoms with van der Waals surface area (Å²) in [5.41, 5.74) is -1.94. The molecule has 0 aromatic heterocycles. The monoisotopic (exact) mass is 285 g/mol. The molecule has 0 saturated carbocycles. The van der Waals surface area contributed by atoms with Crippen LogP contribution in [0.2, 0.25) is 0 Å². The number of hydrogen-bond donors (Lipinski definition) is 1. The molecule has 1 aliphatic rings. The van der Waals surface area contributed by atoms with Crippen LogP contribution in [-0.4, -0.2) is 34.8 Å². The number of β-amino-alcohol motifs (C(OH)–C–C–N with tert-alkyl or cyclic N) is 1. The molecule has 6 heteroatoms. The van der Waals surface area contributed by atoms with Crippen LogP contribution in [0.3, 0.4) is 0 Å². The van der Waals surface area contributed by atoms with Gasteiger partial charge in [0.15, 0.2) is 0 Å². The molecule has 110 valence electrons. The highest BCUT2D eigenvalue weighted by molar-refractivity contribution is 5.70. The molecule has 1 aliphatic heterocycles. The summed E-state index contributed by atoms with van der Waals surface area (Å²) < 4.78 is 31.4. The number of ether oxygens (including phenoxy) is 1. The van der Waals surface area contributed by atoms with Gasteiger partial charge in [-0.3, -0.25) is 0 Å². The number of rotatable bonds is 1. The third kappa shape index (κ3) is 3.07. The van der Waals surface area contributed by atoms with Gasteiger partial charge in [-0.15, -0.1) is 0 Å². The van der Waals surface area contributed by atoms with Crippen molar-refractivity contribution in [2.45, 2.75) is 32.0 Å². The van der Waals surface area contributed by atoms with Crippen LogP contribution in [-0.2, 0) is 10.3 Å². The summed E-state index contributed by atoms with van der Waals surface area (Å²) in [5, 5.41) is 10.3. The van der Waals surface area contributed by atoms with E-state index >= 15 is 0 Å². The Morgan fingerprint density at radius 3 is 2.20 bits per heavy atom. The summed E-state index contributed by atoms with van der Waals surface area (Å²) in [6.45, 7) is 5.10. The molecule has 1 fully saturated rings. The fourth-order valence-electron chi connectivity index (χ4n) is 2.05. The van der Waals surface area contributed by atoms with Gasteiger partial charge in [-0.05, 0) is 38.5 Å². The van der Waals surface area contributed by atoms with Gasteiger partial charge >= 0.3 is 6.09 Å². The molecule has 1 amide bonds. The van der Waals surface area contributed by atoms with Crippen LogP contribution in [0.4, 0.5) is 13.6 Å². The van der Waals surface area contributed by atoms with Gasteiger partial charge in [0.2, 0.25) is 0 Å². The Morgan fingerprint density at radius 2 is 1.75 bits per heavy atom. The van der Waals surface area contributed by atoms with Crippen LogP contribution in [0.5, 0.6) is 0 Å². The maximum atomic E-state index is 13.1. The standard InChI is InChI=1S/C14H17F2NO3/c1-13(2,3)20-12(18)17-7-14(19,8-17)9-4-10(15)6-11(16)5-9/h4-6,19H,7-8H2,1-3H3. The van der Waals surface area contributed by atoms with E-state index in [1.807, 2.05) is 0 Å². The zero-order chi connectivity index (χ0) is 15.1. The molecule has 0 atom stereocenters. The molecule has 1 N–H and O–H groups in total. The van der Waals surface area contributed by atoms with Crippen molar-refractivity contribution in [3.8, 4) is 0 Å². The van der Waals surface area contributed by atoms with Crippen LogP contribution < -0.4 is 0 Å². The van der Waals surface area contributed by atoms with E-state index in [0.717, 1.165) is 18.2 Å². The highest BCUT2D eigenvalue weighted by Gasteiger charge is 2.46. The maximum Gasteiger partial charge on any atom is 0.410 e. The molecule has 0 unspecified atom stereocenters. The van der Waals surface area contributed by atoms with Gasteiger partial charge in [0.05, 0.1) is 13.1 Å². The Bertz CT molecular complexity index is 513. The Kier molecular flexibility index (Phi) is 3.46.